The first-order valence-electron chi connectivity index (χ1n) is 15.6. The molecular weight excluding hydrogens is 577 g/mol. The van der Waals surface area contributed by atoms with E-state index in [0.29, 0.717) is 29.6 Å². The maximum Gasteiger partial charge on any atom is 0.225 e. The van der Waals surface area contributed by atoms with E-state index < -0.39 is 0 Å². The molecule has 0 aliphatic rings. The Morgan fingerprint density at radius 3 is 1.53 bits per heavy atom. The van der Waals surface area contributed by atoms with Gasteiger partial charge >= 0.3 is 0 Å². The highest BCUT2D eigenvalue weighted by atomic mass is 32.1. The summed E-state index contributed by atoms with van der Waals surface area (Å²) in [6.45, 7) is 21.2. The fourth-order valence-electron chi connectivity index (χ4n) is 3.37. The minimum atomic E-state index is 0.436. The molecule has 5 aromatic rings. The molecule has 0 saturated heterocycles. The molecule has 0 bridgehead atoms. The molecular formula is C37H53N6OS+. The van der Waals surface area contributed by atoms with Crippen LogP contribution in [0.5, 0.6) is 0 Å². The van der Waals surface area contributed by atoms with Gasteiger partial charge in [-0.2, -0.15) is 0 Å². The van der Waals surface area contributed by atoms with E-state index in [1.54, 1.807) is 42.3 Å². The lowest BCUT2D eigenvalue weighted by atomic mass is 10.1. The van der Waals surface area contributed by atoms with Gasteiger partial charge in [-0.3, -0.25) is 15.2 Å². The fraction of sp³-hybridized carbons (Fsp3) is 0.405. The Labute approximate surface area is 275 Å². The van der Waals surface area contributed by atoms with Crippen molar-refractivity contribution in [2.75, 3.05) is 0 Å². The molecule has 5 aromatic heterocycles. The Bertz CT molecular complexity index is 1280. The molecule has 0 saturated carbocycles. The van der Waals surface area contributed by atoms with Gasteiger partial charge in [-0.05, 0) is 59.6 Å². The Kier molecular flexibility index (Phi) is 19.5. The molecule has 0 amide bonds. The number of hydrogen-bond acceptors (Lipinski definition) is 7. The van der Waals surface area contributed by atoms with Crippen LogP contribution in [0.25, 0.3) is 0 Å². The summed E-state index contributed by atoms with van der Waals surface area (Å²) in [7, 11) is 0. The second-order valence-corrected chi connectivity index (χ2v) is 12.6. The van der Waals surface area contributed by atoms with Gasteiger partial charge in [-0.15, -0.1) is 11.3 Å². The van der Waals surface area contributed by atoms with Crippen LogP contribution < -0.4 is 4.73 Å². The van der Waals surface area contributed by atoms with Crippen molar-refractivity contribution in [1.82, 2.24) is 24.9 Å². The first kappa shape index (κ1) is 39.0. The van der Waals surface area contributed by atoms with Gasteiger partial charge in [0.2, 0.25) is 12.4 Å². The van der Waals surface area contributed by atoms with E-state index in [2.05, 4.69) is 106 Å². The zero-order chi connectivity index (χ0) is 33.6. The van der Waals surface area contributed by atoms with Gasteiger partial charge < -0.3 is 0 Å². The summed E-state index contributed by atoms with van der Waals surface area (Å²) in [6.07, 6.45) is 12.4. The van der Waals surface area contributed by atoms with E-state index in [-0.39, 0.29) is 0 Å². The van der Waals surface area contributed by atoms with Crippen LogP contribution in [0.15, 0.2) is 103 Å². The van der Waals surface area contributed by atoms with E-state index in [9.17, 15) is 0 Å². The summed E-state index contributed by atoms with van der Waals surface area (Å²) in [5.41, 5.74) is 6.69. The minimum absolute atomic E-state index is 0.436. The van der Waals surface area contributed by atoms with Gasteiger partial charge in [-0.1, -0.05) is 81.4 Å². The Morgan fingerprint density at radius 1 is 0.578 bits per heavy atom. The predicted molar refractivity (Wildman–Crippen MR) is 187 cm³/mol. The smallest absolute Gasteiger partial charge is 0.225 e. The molecule has 7 nitrogen and oxygen atoms in total. The van der Waals surface area contributed by atoms with Crippen LogP contribution in [0.3, 0.4) is 0 Å². The van der Waals surface area contributed by atoms with Crippen LogP contribution in [0.1, 0.15) is 127 Å². The second kappa shape index (κ2) is 22.5. The molecule has 1 N–H and O–H groups in total. The molecule has 0 aromatic carbocycles. The molecule has 0 unspecified atom stereocenters. The predicted octanol–water partition coefficient (Wildman–Crippen LogP) is 9.61. The number of aromatic nitrogens is 6. The van der Waals surface area contributed by atoms with E-state index in [4.69, 9.17) is 5.21 Å². The van der Waals surface area contributed by atoms with Crippen molar-refractivity contribution in [1.29, 1.82) is 0 Å². The van der Waals surface area contributed by atoms with E-state index in [1.807, 2.05) is 60.4 Å². The molecule has 0 fully saturated rings. The highest BCUT2D eigenvalue weighted by Gasteiger charge is 2.03. The summed E-state index contributed by atoms with van der Waals surface area (Å²) in [5, 5.41) is 11.1. The van der Waals surface area contributed by atoms with Crippen molar-refractivity contribution < 1.29 is 9.94 Å². The molecule has 0 spiro atoms. The van der Waals surface area contributed by atoms with Crippen molar-refractivity contribution >= 4 is 11.3 Å². The molecule has 0 aliphatic heterocycles. The van der Waals surface area contributed by atoms with Crippen LogP contribution in [-0.2, 0) is 0 Å². The van der Waals surface area contributed by atoms with E-state index >= 15 is 0 Å². The van der Waals surface area contributed by atoms with Crippen LogP contribution in [-0.4, -0.2) is 30.1 Å². The summed E-state index contributed by atoms with van der Waals surface area (Å²) < 4.78 is 1.08. The normalized spacial score (nSPS) is 10.2. The number of pyridine rings is 3. The number of nitrogens with zero attached hydrogens (tertiary/aromatic N) is 6. The maximum absolute atomic E-state index is 8.98. The Balaban J connectivity index is 0.000000282. The lowest BCUT2D eigenvalue weighted by Crippen LogP contribution is -2.28. The summed E-state index contributed by atoms with van der Waals surface area (Å²) in [5.74, 6) is 3.55. The highest BCUT2D eigenvalue weighted by Crippen LogP contribution is 2.13. The average Bonchev–Trinajstić information content (AvgIpc) is 3.60. The maximum atomic E-state index is 8.98. The number of hydrogen-bond donors (Lipinski definition) is 1. The van der Waals surface area contributed by atoms with Crippen molar-refractivity contribution in [3.05, 3.63) is 131 Å². The van der Waals surface area contributed by atoms with Crippen molar-refractivity contribution in [3.8, 4) is 0 Å². The molecule has 8 heteroatoms. The Hall–Kier alpha value is -4.04. The summed E-state index contributed by atoms with van der Waals surface area (Å²) >= 11 is 1.66. The lowest BCUT2D eigenvalue weighted by molar-refractivity contribution is -0.905. The van der Waals surface area contributed by atoms with E-state index in [0.717, 1.165) is 21.8 Å². The first-order valence-corrected chi connectivity index (χ1v) is 16.5. The van der Waals surface area contributed by atoms with Gasteiger partial charge in [0.15, 0.2) is 0 Å². The van der Waals surface area contributed by atoms with E-state index in [1.165, 1.54) is 11.3 Å². The van der Waals surface area contributed by atoms with Gasteiger partial charge in [0.05, 0.1) is 11.2 Å². The highest BCUT2D eigenvalue weighted by molar-refractivity contribution is 7.07. The van der Waals surface area contributed by atoms with Gasteiger partial charge in [0, 0.05) is 64.3 Å². The average molecular weight is 630 g/mol. The SMILES string of the molecule is CC(C)c1ccc[n+](O)c1.CC(C)c1ccccn1.CC(C)c1cccnc1.CC(C)c1cscn1.CC(C)c1ncccn1. The number of rotatable bonds is 5. The third-order valence-corrected chi connectivity index (χ3v) is 6.86. The zero-order valence-corrected chi connectivity index (χ0v) is 29.6. The largest absolute Gasteiger partial charge is 0.285 e. The van der Waals surface area contributed by atoms with Gasteiger partial charge in [0.1, 0.15) is 5.82 Å². The van der Waals surface area contributed by atoms with Crippen molar-refractivity contribution in [2.24, 2.45) is 0 Å². The van der Waals surface area contributed by atoms with Crippen molar-refractivity contribution in [2.45, 2.75) is 98.8 Å². The molecule has 0 radical (unpaired) electrons. The van der Waals surface area contributed by atoms with Crippen LogP contribution in [0.4, 0.5) is 0 Å². The quantitative estimate of drug-likeness (QED) is 0.154. The summed E-state index contributed by atoms with van der Waals surface area (Å²) in [4.78, 5) is 20.5. The summed E-state index contributed by atoms with van der Waals surface area (Å²) in [6, 6.07) is 15.7. The van der Waals surface area contributed by atoms with Crippen LogP contribution in [0, 0.1) is 0 Å². The molecule has 5 rings (SSSR count). The third kappa shape index (κ3) is 17.7. The van der Waals surface area contributed by atoms with Crippen LogP contribution in [0.2, 0.25) is 0 Å². The molecule has 0 aliphatic carbocycles. The monoisotopic (exact) mass is 629 g/mol. The minimum Gasteiger partial charge on any atom is -0.285 e. The lowest BCUT2D eigenvalue weighted by Gasteiger charge is -2.00. The topological polar surface area (TPSA) is 88.6 Å². The molecule has 242 valence electrons. The van der Waals surface area contributed by atoms with Crippen LogP contribution >= 0.6 is 11.3 Å². The van der Waals surface area contributed by atoms with Gasteiger partial charge in [-0.25, -0.2) is 15.0 Å². The third-order valence-electron chi connectivity index (χ3n) is 6.25. The number of thiazole rings is 1. The molecule has 0 atom stereocenters. The zero-order valence-electron chi connectivity index (χ0n) is 28.7. The first-order chi connectivity index (χ1) is 21.4. The van der Waals surface area contributed by atoms with Gasteiger partial charge in [0.25, 0.3) is 0 Å². The fourth-order valence-corrected chi connectivity index (χ4v) is 4.09. The van der Waals surface area contributed by atoms with Crippen molar-refractivity contribution in [3.63, 3.8) is 0 Å². The Morgan fingerprint density at radius 2 is 1.20 bits per heavy atom. The second-order valence-electron chi connectivity index (χ2n) is 11.9. The molecule has 5 heterocycles. The standard InChI is InChI=1S/C8H12NO.2C8H11N.C7H10N2.C6H9NS/c1-7(2)8-4-3-5-9(10)6-8;1-7(2)8-4-3-5-9-6-8;1-7(2)8-5-3-4-6-9-8;1-6(2)7-8-4-3-5-9-7;1-5(2)6-3-8-4-7-6/h3-7,10H,1-2H3;2*3-7H,1-2H3;3-6H,1-2H3;3-5H,1-2H3/q+1;;;;. The molecule has 45 heavy (non-hydrogen) atoms.